The summed E-state index contributed by atoms with van der Waals surface area (Å²) in [5, 5.41) is 16.8. The number of thiazole rings is 1. The van der Waals surface area contributed by atoms with Gasteiger partial charge in [0, 0.05) is 17.6 Å². The van der Waals surface area contributed by atoms with Crippen molar-refractivity contribution in [2.45, 2.75) is 24.9 Å². The van der Waals surface area contributed by atoms with Crippen LogP contribution in [0, 0.1) is 0 Å². The van der Waals surface area contributed by atoms with Gasteiger partial charge in [0.1, 0.15) is 5.01 Å². The molecule has 1 atom stereocenters. The molecule has 3 nitrogen and oxygen atoms in total. The predicted molar refractivity (Wildman–Crippen MR) is 95.8 cm³/mol. The Kier molecular flexibility index (Phi) is 4.03. The monoisotopic (exact) mass is 342 g/mol. The Balaban J connectivity index is 1.52. The van der Waals surface area contributed by atoms with Gasteiger partial charge in [-0.15, -0.1) is 22.7 Å². The van der Waals surface area contributed by atoms with Gasteiger partial charge in [0.15, 0.2) is 0 Å². The van der Waals surface area contributed by atoms with Gasteiger partial charge < -0.3 is 10.4 Å². The van der Waals surface area contributed by atoms with Crippen molar-refractivity contribution in [2.75, 3.05) is 6.61 Å². The molecule has 118 valence electrons. The lowest BCUT2D eigenvalue weighted by molar-refractivity contribution is 0.159. The lowest BCUT2D eigenvalue weighted by atomic mass is 9.92. The molecule has 0 saturated heterocycles. The molecule has 0 aliphatic heterocycles. The summed E-state index contributed by atoms with van der Waals surface area (Å²) in [5.41, 5.74) is 2.27. The average Bonchev–Trinajstić information content (AvgIpc) is 3.32. The zero-order chi connectivity index (χ0) is 15.7. The van der Waals surface area contributed by atoms with Gasteiger partial charge >= 0.3 is 0 Å². The Morgan fingerprint density at radius 1 is 1.22 bits per heavy atom. The Morgan fingerprint density at radius 2 is 2.13 bits per heavy atom. The predicted octanol–water partition coefficient (Wildman–Crippen LogP) is 3.80. The molecule has 1 aliphatic carbocycles. The molecule has 4 rings (SSSR count). The van der Waals surface area contributed by atoms with Crippen molar-refractivity contribution in [2.24, 2.45) is 0 Å². The first-order valence-electron chi connectivity index (χ1n) is 7.74. The van der Waals surface area contributed by atoms with Gasteiger partial charge in [0.05, 0.1) is 17.0 Å². The van der Waals surface area contributed by atoms with Crippen LogP contribution in [0.25, 0.3) is 9.88 Å². The number of thiophene rings is 1. The number of rotatable bonds is 5. The van der Waals surface area contributed by atoms with Gasteiger partial charge in [-0.2, -0.15) is 0 Å². The highest BCUT2D eigenvalue weighted by molar-refractivity contribution is 7.20. The van der Waals surface area contributed by atoms with E-state index in [1.165, 1.54) is 20.9 Å². The number of aromatic nitrogens is 1. The summed E-state index contributed by atoms with van der Waals surface area (Å²) in [5.74, 6) is 0. The van der Waals surface area contributed by atoms with Gasteiger partial charge in [-0.3, -0.25) is 0 Å². The van der Waals surface area contributed by atoms with E-state index >= 15 is 0 Å². The van der Waals surface area contributed by atoms with E-state index in [4.69, 9.17) is 0 Å². The van der Waals surface area contributed by atoms with Crippen molar-refractivity contribution in [1.29, 1.82) is 0 Å². The van der Waals surface area contributed by atoms with Crippen molar-refractivity contribution in [1.82, 2.24) is 10.3 Å². The molecule has 2 aromatic heterocycles. The number of aliphatic hydroxyl groups excluding tert-OH is 1. The fraction of sp³-hybridized carbons (Fsp3) is 0.278. The smallest absolute Gasteiger partial charge is 0.133 e. The summed E-state index contributed by atoms with van der Waals surface area (Å²) in [6.07, 6.45) is 3.91. The van der Waals surface area contributed by atoms with Crippen LogP contribution in [-0.2, 0) is 18.5 Å². The van der Waals surface area contributed by atoms with E-state index in [-0.39, 0.29) is 12.1 Å². The van der Waals surface area contributed by atoms with Crippen molar-refractivity contribution < 1.29 is 5.11 Å². The number of benzene rings is 1. The molecule has 0 fully saturated rings. The highest BCUT2D eigenvalue weighted by Crippen LogP contribution is 2.37. The number of aryl methyl sites for hydroxylation is 1. The molecule has 1 aliphatic rings. The van der Waals surface area contributed by atoms with Gasteiger partial charge in [0.25, 0.3) is 0 Å². The first-order valence-corrected chi connectivity index (χ1v) is 9.43. The highest BCUT2D eigenvalue weighted by atomic mass is 32.1. The molecule has 5 heteroatoms. The second-order valence-corrected chi connectivity index (χ2v) is 7.92. The standard InChI is InChI=1S/C18H18N2OS2/c21-12-18(8-7-13-4-1-2-5-15(13)18)20-11-14-10-19-17(23-14)16-6-3-9-22-16/h1-6,9-10,20-21H,7-8,11-12H2. The first-order chi connectivity index (χ1) is 11.3. The third-order valence-corrected chi connectivity index (χ3v) is 6.55. The van der Waals surface area contributed by atoms with Crippen LogP contribution in [0.4, 0.5) is 0 Å². The molecule has 0 amide bonds. The SMILES string of the molecule is OCC1(NCc2cnc(-c3cccs3)s2)CCc2ccccc21. The van der Waals surface area contributed by atoms with Crippen molar-refractivity contribution in [3.8, 4) is 9.88 Å². The molecule has 1 aromatic carbocycles. The van der Waals surface area contributed by atoms with Crippen LogP contribution in [0.3, 0.4) is 0 Å². The Morgan fingerprint density at radius 3 is 2.96 bits per heavy atom. The van der Waals surface area contributed by atoms with Crippen LogP contribution in [0.2, 0.25) is 0 Å². The molecular weight excluding hydrogens is 324 g/mol. The molecule has 0 radical (unpaired) electrons. The van der Waals surface area contributed by atoms with Crippen LogP contribution in [0.15, 0.2) is 48.0 Å². The van der Waals surface area contributed by atoms with Crippen molar-refractivity contribution >= 4 is 22.7 Å². The minimum atomic E-state index is -0.316. The zero-order valence-electron chi connectivity index (χ0n) is 12.7. The fourth-order valence-corrected chi connectivity index (χ4v) is 4.91. The zero-order valence-corrected chi connectivity index (χ0v) is 14.3. The molecule has 0 saturated carbocycles. The van der Waals surface area contributed by atoms with Crippen LogP contribution < -0.4 is 5.32 Å². The lowest BCUT2D eigenvalue weighted by Crippen LogP contribution is -2.43. The fourth-order valence-electron chi connectivity index (χ4n) is 3.25. The Hall–Kier alpha value is -1.53. The maximum atomic E-state index is 10.0. The van der Waals surface area contributed by atoms with E-state index in [0.29, 0.717) is 0 Å². The van der Waals surface area contributed by atoms with Gasteiger partial charge in [-0.25, -0.2) is 4.98 Å². The minimum Gasteiger partial charge on any atom is -0.394 e. The minimum absolute atomic E-state index is 0.126. The van der Waals surface area contributed by atoms with E-state index in [9.17, 15) is 5.11 Å². The van der Waals surface area contributed by atoms with Gasteiger partial charge in [0.2, 0.25) is 0 Å². The molecule has 2 N–H and O–H groups in total. The normalized spacial score (nSPS) is 19.9. The number of fused-ring (bicyclic) bond motifs is 1. The van der Waals surface area contributed by atoms with Crippen molar-refractivity contribution in [3.05, 3.63) is 64.0 Å². The maximum absolute atomic E-state index is 10.0. The summed E-state index contributed by atoms with van der Waals surface area (Å²) in [7, 11) is 0. The summed E-state index contributed by atoms with van der Waals surface area (Å²) in [6.45, 7) is 0.860. The summed E-state index contributed by atoms with van der Waals surface area (Å²) < 4.78 is 0. The van der Waals surface area contributed by atoms with Crippen LogP contribution in [0.5, 0.6) is 0 Å². The third-order valence-electron chi connectivity index (χ3n) is 4.51. The molecule has 0 bridgehead atoms. The molecular formula is C18H18N2OS2. The van der Waals surface area contributed by atoms with E-state index in [0.717, 1.165) is 24.4 Å². The summed E-state index contributed by atoms with van der Waals surface area (Å²) in [6, 6.07) is 12.6. The van der Waals surface area contributed by atoms with Crippen LogP contribution >= 0.6 is 22.7 Å². The molecule has 0 spiro atoms. The molecule has 23 heavy (non-hydrogen) atoms. The Labute approximate surface area is 143 Å². The highest BCUT2D eigenvalue weighted by Gasteiger charge is 2.37. The van der Waals surface area contributed by atoms with E-state index in [1.54, 1.807) is 22.7 Å². The molecule has 1 unspecified atom stereocenters. The molecule has 2 heterocycles. The molecule has 3 aromatic rings. The second-order valence-electron chi connectivity index (χ2n) is 5.86. The third kappa shape index (κ3) is 2.74. The second kappa shape index (κ2) is 6.17. The maximum Gasteiger partial charge on any atom is 0.133 e. The van der Waals surface area contributed by atoms with Crippen molar-refractivity contribution in [3.63, 3.8) is 0 Å². The largest absolute Gasteiger partial charge is 0.394 e. The first kappa shape index (κ1) is 15.0. The number of nitrogens with zero attached hydrogens (tertiary/aromatic N) is 1. The van der Waals surface area contributed by atoms with Gasteiger partial charge in [-0.05, 0) is 35.4 Å². The van der Waals surface area contributed by atoms with E-state index in [2.05, 4.69) is 52.1 Å². The summed E-state index contributed by atoms with van der Waals surface area (Å²) in [4.78, 5) is 6.94. The quantitative estimate of drug-likeness (QED) is 0.741. The number of hydrogen-bond donors (Lipinski definition) is 2. The van der Waals surface area contributed by atoms with E-state index in [1.807, 2.05) is 6.20 Å². The van der Waals surface area contributed by atoms with Crippen LogP contribution in [-0.4, -0.2) is 16.7 Å². The average molecular weight is 342 g/mol. The summed E-state index contributed by atoms with van der Waals surface area (Å²) >= 11 is 3.43. The number of nitrogens with one attached hydrogen (secondary N) is 1. The van der Waals surface area contributed by atoms with E-state index < -0.39 is 0 Å². The number of aliphatic hydroxyl groups is 1. The number of hydrogen-bond acceptors (Lipinski definition) is 5. The van der Waals surface area contributed by atoms with Crippen LogP contribution in [0.1, 0.15) is 22.4 Å². The lowest BCUT2D eigenvalue weighted by Gasteiger charge is -2.29. The Bertz CT molecular complexity index is 797. The topological polar surface area (TPSA) is 45.1 Å². The van der Waals surface area contributed by atoms with Gasteiger partial charge in [-0.1, -0.05) is 30.3 Å².